The molecule has 0 aromatic heterocycles. The summed E-state index contributed by atoms with van der Waals surface area (Å²) >= 11 is 0. The predicted molar refractivity (Wildman–Crippen MR) is 14.3 cm³/mol. The van der Waals surface area contributed by atoms with Crippen LogP contribution in [0.3, 0.4) is 0 Å². The Labute approximate surface area is 68.2 Å². The Kier molecular flexibility index (Phi) is 6.08. The van der Waals surface area contributed by atoms with Crippen molar-refractivity contribution in [3.63, 3.8) is 0 Å². The molecular weight excluding hydrogens is 235 g/mol. The van der Waals surface area contributed by atoms with Crippen LogP contribution in [0.2, 0.25) is 0 Å². The first-order valence-corrected chi connectivity index (χ1v) is 2.35. The van der Waals surface area contributed by atoms with Gasteiger partial charge in [-0.1, -0.05) is 0 Å². The van der Waals surface area contributed by atoms with Gasteiger partial charge in [0, 0.05) is 41.7 Å². The summed E-state index contributed by atoms with van der Waals surface area (Å²) in [5.41, 5.74) is 0. The van der Waals surface area contributed by atoms with Crippen LogP contribution in [0, 0.1) is 41.7 Å². The molecule has 0 atom stereocenters. The SMILES string of the molecule is O=P(O)(O)O.[Ce]. The fourth-order valence-electron chi connectivity index (χ4n) is 0. The zero-order valence-electron chi connectivity index (χ0n) is 2.70. The Morgan fingerprint density at radius 2 is 1.17 bits per heavy atom. The number of hydrogen-bond donors (Lipinski definition) is 3. The fraction of sp³-hybridized carbons (Fsp3) is 0. The minimum absolute atomic E-state index is 0. The van der Waals surface area contributed by atoms with Crippen LogP contribution in [0.4, 0.5) is 0 Å². The molecule has 0 aliphatic carbocycles. The van der Waals surface area contributed by atoms with Gasteiger partial charge in [-0.05, 0) is 0 Å². The summed E-state index contributed by atoms with van der Waals surface area (Å²) in [5.74, 6) is 0. The Morgan fingerprint density at radius 1 is 1.17 bits per heavy atom. The van der Waals surface area contributed by atoms with E-state index in [0.29, 0.717) is 0 Å². The first-order chi connectivity index (χ1) is 2.00. The van der Waals surface area contributed by atoms with Crippen molar-refractivity contribution in [1.29, 1.82) is 0 Å². The van der Waals surface area contributed by atoms with Gasteiger partial charge in [0.25, 0.3) is 0 Å². The maximum absolute atomic E-state index is 8.88. The van der Waals surface area contributed by atoms with E-state index in [0.717, 1.165) is 0 Å². The topological polar surface area (TPSA) is 77.8 Å². The van der Waals surface area contributed by atoms with E-state index in [9.17, 15) is 0 Å². The molecule has 0 aromatic carbocycles. The van der Waals surface area contributed by atoms with Crippen molar-refractivity contribution in [2.75, 3.05) is 0 Å². The van der Waals surface area contributed by atoms with Gasteiger partial charge in [-0.2, -0.15) is 0 Å². The smallest absolute Gasteiger partial charge is 0.303 e. The van der Waals surface area contributed by atoms with Gasteiger partial charge in [0.2, 0.25) is 0 Å². The van der Waals surface area contributed by atoms with Crippen molar-refractivity contribution >= 4 is 7.82 Å². The summed E-state index contributed by atoms with van der Waals surface area (Å²) in [7, 11) is -4.64. The molecule has 0 radical (unpaired) electrons. The van der Waals surface area contributed by atoms with Gasteiger partial charge in [-0.25, -0.2) is 4.57 Å². The molecule has 3 N–H and O–H groups in total. The predicted octanol–water partition coefficient (Wildman–Crippen LogP) is -0.929. The molecule has 0 aromatic rings. The van der Waals surface area contributed by atoms with Crippen LogP contribution in [-0.2, 0) is 4.57 Å². The van der Waals surface area contributed by atoms with Crippen LogP contribution < -0.4 is 0 Å². The van der Waals surface area contributed by atoms with Crippen LogP contribution in [0.5, 0.6) is 0 Å². The van der Waals surface area contributed by atoms with Crippen LogP contribution in [0.25, 0.3) is 0 Å². The van der Waals surface area contributed by atoms with E-state index in [2.05, 4.69) is 0 Å². The fourth-order valence-corrected chi connectivity index (χ4v) is 0. The molecule has 6 heteroatoms. The number of phosphoric acid groups is 1. The largest absolute Gasteiger partial charge is 0.466 e. The van der Waals surface area contributed by atoms with Gasteiger partial charge in [0.05, 0.1) is 0 Å². The average Bonchev–Trinajstić information content (AvgIpc) is 0.722. The van der Waals surface area contributed by atoms with E-state index in [1.165, 1.54) is 0 Å². The van der Waals surface area contributed by atoms with Gasteiger partial charge in [0.1, 0.15) is 0 Å². The molecule has 0 saturated carbocycles. The molecule has 6 heavy (non-hydrogen) atoms. The standard InChI is InChI=1S/Ce.H3O4P/c;1-5(2,3)4/h;(H3,1,2,3,4). The quantitative estimate of drug-likeness (QED) is 0.476. The zero-order valence-corrected chi connectivity index (χ0v) is 6.73. The van der Waals surface area contributed by atoms with Gasteiger partial charge < -0.3 is 14.7 Å². The summed E-state index contributed by atoms with van der Waals surface area (Å²) in [6.45, 7) is 0. The van der Waals surface area contributed by atoms with E-state index in [1.807, 2.05) is 0 Å². The monoisotopic (exact) mass is 238 g/mol. The molecule has 0 unspecified atom stereocenters. The third-order valence-electron chi connectivity index (χ3n) is 0. The van der Waals surface area contributed by atoms with Crippen molar-refractivity contribution in [3.05, 3.63) is 0 Å². The van der Waals surface area contributed by atoms with Crippen molar-refractivity contribution in [2.24, 2.45) is 0 Å². The summed E-state index contributed by atoms with van der Waals surface area (Å²) < 4.78 is 8.88. The van der Waals surface area contributed by atoms with Crippen LogP contribution >= 0.6 is 7.82 Å². The normalized spacial score (nSPS) is 9.83. The van der Waals surface area contributed by atoms with Crippen molar-refractivity contribution < 1.29 is 61.0 Å². The molecular formula is H3CeO4P. The van der Waals surface area contributed by atoms with E-state index < -0.39 is 7.82 Å². The molecule has 0 bridgehead atoms. The van der Waals surface area contributed by atoms with E-state index in [4.69, 9.17) is 19.2 Å². The Hall–Kier alpha value is 1.49. The maximum Gasteiger partial charge on any atom is 0.466 e. The summed E-state index contributed by atoms with van der Waals surface area (Å²) in [4.78, 5) is 21.6. The van der Waals surface area contributed by atoms with Crippen molar-refractivity contribution in [1.82, 2.24) is 0 Å². The molecule has 0 fully saturated rings. The van der Waals surface area contributed by atoms with E-state index in [-0.39, 0.29) is 41.7 Å². The van der Waals surface area contributed by atoms with E-state index >= 15 is 0 Å². The van der Waals surface area contributed by atoms with E-state index in [1.54, 1.807) is 0 Å². The zero-order chi connectivity index (χ0) is 4.50. The molecule has 0 saturated heterocycles. The van der Waals surface area contributed by atoms with Crippen LogP contribution in [0.1, 0.15) is 0 Å². The Balaban J connectivity index is 0. The first kappa shape index (κ1) is 10.5. The van der Waals surface area contributed by atoms with Crippen LogP contribution in [0.15, 0.2) is 0 Å². The van der Waals surface area contributed by atoms with Gasteiger partial charge >= 0.3 is 7.82 Å². The number of hydrogen-bond acceptors (Lipinski definition) is 1. The van der Waals surface area contributed by atoms with Gasteiger partial charge in [-0.15, -0.1) is 0 Å². The number of rotatable bonds is 0. The van der Waals surface area contributed by atoms with Crippen LogP contribution in [-0.4, -0.2) is 14.7 Å². The van der Waals surface area contributed by atoms with Gasteiger partial charge in [-0.3, -0.25) is 0 Å². The molecule has 0 aliphatic heterocycles. The molecule has 0 heterocycles. The third-order valence-corrected chi connectivity index (χ3v) is 0. The first-order valence-electron chi connectivity index (χ1n) is 0.783. The molecule has 0 spiro atoms. The summed E-state index contributed by atoms with van der Waals surface area (Å²) in [5, 5.41) is 0. The third kappa shape index (κ3) is 50.0. The average molecular weight is 238 g/mol. The molecule has 4 nitrogen and oxygen atoms in total. The minimum Gasteiger partial charge on any atom is -0.303 e. The maximum atomic E-state index is 8.88. The van der Waals surface area contributed by atoms with Crippen molar-refractivity contribution in [2.45, 2.75) is 0 Å². The second-order valence-electron chi connectivity index (χ2n) is 0.513. The Morgan fingerprint density at radius 3 is 1.17 bits per heavy atom. The van der Waals surface area contributed by atoms with Crippen molar-refractivity contribution in [3.8, 4) is 0 Å². The molecule has 0 rings (SSSR count). The minimum atomic E-state index is -4.64. The molecule has 0 amide bonds. The molecule has 36 valence electrons. The second kappa shape index (κ2) is 3.48. The molecule has 0 aliphatic rings. The Bertz CT molecular complexity index is 53.7. The second-order valence-corrected chi connectivity index (χ2v) is 1.54. The summed E-state index contributed by atoms with van der Waals surface area (Å²) in [6, 6.07) is 0. The van der Waals surface area contributed by atoms with Gasteiger partial charge in [0.15, 0.2) is 0 Å². The summed E-state index contributed by atoms with van der Waals surface area (Å²) in [6.07, 6.45) is 0.